The summed E-state index contributed by atoms with van der Waals surface area (Å²) < 4.78 is 8.30. The van der Waals surface area contributed by atoms with Gasteiger partial charge in [0.1, 0.15) is 0 Å². The van der Waals surface area contributed by atoms with Gasteiger partial charge in [0.05, 0.1) is 0 Å². The number of benzene rings is 2. The summed E-state index contributed by atoms with van der Waals surface area (Å²) in [5, 5.41) is 0. The van der Waals surface area contributed by atoms with Crippen molar-refractivity contribution >= 4 is 16.4 Å². The second-order valence-corrected chi connectivity index (χ2v) is 15.7. The van der Waals surface area contributed by atoms with Crippen LogP contribution in [0, 0.1) is 10.8 Å². The van der Waals surface area contributed by atoms with Gasteiger partial charge < -0.3 is 0 Å². The topological polar surface area (TPSA) is 0 Å². The van der Waals surface area contributed by atoms with Crippen LogP contribution in [0.4, 0.5) is 0 Å². The van der Waals surface area contributed by atoms with E-state index in [1.54, 1.807) is 6.56 Å². The monoisotopic (exact) mass is 446 g/mol. The van der Waals surface area contributed by atoms with Gasteiger partial charge in [-0.15, -0.1) is 0 Å². The van der Waals surface area contributed by atoms with Gasteiger partial charge in [-0.25, -0.2) is 0 Å². The molecule has 2 aliphatic rings. The third-order valence-electron chi connectivity index (χ3n) is 6.29. The second-order valence-electron chi connectivity index (χ2n) is 10.5. The van der Waals surface area contributed by atoms with Crippen LogP contribution in [0.1, 0.15) is 75.6 Å². The van der Waals surface area contributed by atoms with Crippen molar-refractivity contribution in [1.82, 2.24) is 0 Å². The molecule has 28 heavy (non-hydrogen) atoms. The summed E-state index contributed by atoms with van der Waals surface area (Å²) in [6.07, 6.45) is 5.02. The molecule has 0 nitrogen and oxygen atoms in total. The number of hydrogen-bond donors (Lipinski definition) is 0. The van der Waals surface area contributed by atoms with Crippen LogP contribution < -0.4 is 0 Å². The number of rotatable bonds is 2. The molecule has 1 heteroatoms. The molecule has 4 rings (SSSR count). The Morgan fingerprint density at radius 2 is 1.00 bits per heavy atom. The van der Waals surface area contributed by atoms with Crippen molar-refractivity contribution in [3.63, 3.8) is 0 Å². The second kappa shape index (κ2) is 6.88. The molecule has 0 amide bonds. The van der Waals surface area contributed by atoms with Gasteiger partial charge in [-0.1, -0.05) is 0 Å². The van der Waals surface area contributed by atoms with Gasteiger partial charge in [-0.3, -0.25) is 0 Å². The third kappa shape index (κ3) is 3.31. The first-order valence-corrected chi connectivity index (χ1v) is 14.6. The van der Waals surface area contributed by atoms with Crippen LogP contribution >= 0.6 is 0 Å². The zero-order valence-corrected chi connectivity index (χ0v) is 20.6. The third-order valence-corrected chi connectivity index (χ3v) is 11.8. The van der Waals surface area contributed by atoms with Gasteiger partial charge in [0.25, 0.3) is 0 Å². The van der Waals surface area contributed by atoms with Crippen LogP contribution in [0.15, 0.2) is 55.1 Å². The van der Waals surface area contributed by atoms with Crippen LogP contribution in [0.5, 0.6) is 0 Å². The molecular formula is C27H32Zr. The number of hydrogen-bond acceptors (Lipinski definition) is 0. The maximum atomic E-state index is 4.96. The first-order valence-electron chi connectivity index (χ1n) is 10.4. The summed E-state index contributed by atoms with van der Waals surface area (Å²) >= 11 is -2.24. The van der Waals surface area contributed by atoms with E-state index in [0.717, 1.165) is 0 Å². The fourth-order valence-electron chi connectivity index (χ4n) is 5.20. The molecule has 2 aliphatic carbocycles. The molecule has 0 bridgehead atoms. The standard InChI is InChI=1S/2C13H15.CH2.Zr/c2*1-13(2,3)12-9-8-10-6-4-5-7-11(10)12;;/h2*4-8,12H,1-3H3;1H2;. The first kappa shape index (κ1) is 20.0. The van der Waals surface area contributed by atoms with E-state index in [0.29, 0.717) is 11.8 Å². The molecule has 0 aliphatic heterocycles. The number of fused-ring (bicyclic) bond motifs is 2. The molecule has 0 N–H and O–H groups in total. The minimum absolute atomic E-state index is 0.213. The predicted octanol–water partition coefficient (Wildman–Crippen LogP) is 7.41. The van der Waals surface area contributed by atoms with E-state index in [9.17, 15) is 0 Å². The SMILES string of the molecule is [CH2]=[Zr]([C]1=Cc2ccccc2C1C(C)(C)C)[C]1=Cc2ccccc2C1C(C)(C)C. The molecule has 0 saturated heterocycles. The van der Waals surface area contributed by atoms with Crippen LogP contribution in [-0.4, -0.2) is 4.21 Å². The molecule has 2 atom stereocenters. The first-order chi connectivity index (χ1) is 13.1. The number of allylic oxidation sites excluding steroid dienone is 2. The predicted molar refractivity (Wildman–Crippen MR) is 120 cm³/mol. The van der Waals surface area contributed by atoms with E-state index >= 15 is 0 Å². The average Bonchev–Trinajstić information content (AvgIpc) is 3.19. The molecular weight excluding hydrogens is 416 g/mol. The van der Waals surface area contributed by atoms with Crippen LogP contribution in [0.2, 0.25) is 0 Å². The van der Waals surface area contributed by atoms with Gasteiger partial charge in [0.2, 0.25) is 0 Å². The van der Waals surface area contributed by atoms with E-state index in [4.69, 9.17) is 4.21 Å². The molecule has 0 fully saturated rings. The maximum absolute atomic E-state index is 4.96. The molecule has 2 aromatic rings. The van der Waals surface area contributed by atoms with Crippen molar-refractivity contribution in [2.45, 2.75) is 53.4 Å². The summed E-state index contributed by atoms with van der Waals surface area (Å²) in [7, 11) is 0. The van der Waals surface area contributed by atoms with Crippen LogP contribution in [0.3, 0.4) is 0 Å². The Labute approximate surface area is 178 Å². The Balaban J connectivity index is 1.82. The zero-order valence-electron chi connectivity index (χ0n) is 18.1. The Morgan fingerprint density at radius 3 is 1.36 bits per heavy atom. The van der Waals surface area contributed by atoms with Gasteiger partial charge in [-0.05, 0) is 0 Å². The van der Waals surface area contributed by atoms with Gasteiger partial charge in [0.15, 0.2) is 0 Å². The van der Waals surface area contributed by atoms with Gasteiger partial charge in [0, 0.05) is 0 Å². The molecule has 2 aromatic carbocycles. The molecule has 0 aromatic heterocycles. The van der Waals surface area contributed by atoms with E-state index < -0.39 is 21.3 Å². The zero-order chi connectivity index (χ0) is 20.3. The molecule has 0 heterocycles. The van der Waals surface area contributed by atoms with Crippen molar-refractivity contribution in [3.05, 3.63) is 77.3 Å². The van der Waals surface area contributed by atoms with E-state index in [-0.39, 0.29) is 10.8 Å². The normalized spacial score (nSPS) is 21.1. The summed E-state index contributed by atoms with van der Waals surface area (Å²) in [5.74, 6) is 1.00. The molecule has 144 valence electrons. The quantitative estimate of drug-likeness (QED) is 0.450. The van der Waals surface area contributed by atoms with E-state index in [1.165, 1.54) is 22.3 Å². The molecule has 2 unspecified atom stereocenters. The van der Waals surface area contributed by atoms with Crippen LogP contribution in [0.25, 0.3) is 12.2 Å². The fraction of sp³-hybridized carbons (Fsp3) is 0.370. The van der Waals surface area contributed by atoms with Gasteiger partial charge >= 0.3 is 179 Å². The summed E-state index contributed by atoms with van der Waals surface area (Å²) in [6, 6.07) is 18.0. The Morgan fingerprint density at radius 1 is 0.643 bits per heavy atom. The van der Waals surface area contributed by atoms with Crippen molar-refractivity contribution < 1.29 is 21.3 Å². The minimum atomic E-state index is -2.24. The molecule has 0 saturated carbocycles. The Kier molecular flexibility index (Phi) is 4.90. The van der Waals surface area contributed by atoms with Crippen molar-refractivity contribution in [1.29, 1.82) is 0 Å². The molecule has 0 spiro atoms. The summed E-state index contributed by atoms with van der Waals surface area (Å²) in [6.45, 7) is 14.4. The van der Waals surface area contributed by atoms with Crippen molar-refractivity contribution in [2.24, 2.45) is 10.8 Å². The van der Waals surface area contributed by atoms with Crippen molar-refractivity contribution in [2.75, 3.05) is 0 Å². The van der Waals surface area contributed by atoms with E-state index in [1.807, 2.05) is 0 Å². The van der Waals surface area contributed by atoms with E-state index in [2.05, 4.69) is 102 Å². The van der Waals surface area contributed by atoms with Crippen molar-refractivity contribution in [3.8, 4) is 0 Å². The average molecular weight is 448 g/mol. The summed E-state index contributed by atoms with van der Waals surface area (Å²) in [5.41, 5.74) is 6.28. The van der Waals surface area contributed by atoms with Crippen LogP contribution in [-0.2, 0) is 21.3 Å². The Bertz CT molecular complexity index is 924. The Hall–Kier alpha value is -1.33. The molecule has 0 radical (unpaired) electrons. The fourth-order valence-corrected chi connectivity index (χ4v) is 12.2. The summed E-state index contributed by atoms with van der Waals surface area (Å²) in [4.78, 5) is 0. The van der Waals surface area contributed by atoms with Gasteiger partial charge in [-0.2, -0.15) is 0 Å².